The van der Waals surface area contributed by atoms with Crippen LogP contribution in [0, 0.1) is 12.7 Å². The first kappa shape index (κ1) is 16.9. The summed E-state index contributed by atoms with van der Waals surface area (Å²) in [7, 11) is 0. The fourth-order valence-electron chi connectivity index (χ4n) is 2.98. The molecule has 6 heteroatoms. The summed E-state index contributed by atoms with van der Waals surface area (Å²) in [6.07, 6.45) is 5.50. The van der Waals surface area contributed by atoms with Gasteiger partial charge in [0.25, 0.3) is 5.88 Å². The molecule has 0 aliphatic carbocycles. The number of pyridine rings is 1. The average Bonchev–Trinajstić information content (AvgIpc) is 2.93. The van der Waals surface area contributed by atoms with Gasteiger partial charge >= 0.3 is 0 Å². The second kappa shape index (κ2) is 7.30. The lowest BCUT2D eigenvalue weighted by Gasteiger charge is -2.31. The summed E-state index contributed by atoms with van der Waals surface area (Å²) in [6.45, 7) is 9.11. The highest BCUT2D eigenvalue weighted by molar-refractivity contribution is 5.16. The molecular weight excluding hydrogens is 307 g/mol. The summed E-state index contributed by atoms with van der Waals surface area (Å²) in [5.41, 5.74) is 2.37. The Morgan fingerprint density at radius 2 is 2.08 bits per heavy atom. The summed E-state index contributed by atoms with van der Waals surface area (Å²) in [4.78, 5) is 6.37. The molecule has 0 N–H and O–H groups in total. The number of halogens is 1. The largest absolute Gasteiger partial charge is 0.472 e. The molecule has 0 radical (unpaired) electrons. The molecule has 0 saturated carbocycles. The minimum Gasteiger partial charge on any atom is -0.472 e. The van der Waals surface area contributed by atoms with Crippen molar-refractivity contribution < 1.29 is 9.13 Å². The van der Waals surface area contributed by atoms with Crippen molar-refractivity contribution in [1.29, 1.82) is 0 Å². The number of piperidine rings is 1. The van der Waals surface area contributed by atoms with Crippen LogP contribution in [-0.2, 0) is 6.54 Å². The van der Waals surface area contributed by atoms with Crippen LogP contribution in [0.1, 0.15) is 44.0 Å². The third-order valence-electron chi connectivity index (χ3n) is 4.48. The topological polar surface area (TPSA) is 43.2 Å². The van der Waals surface area contributed by atoms with E-state index in [2.05, 4.69) is 42.0 Å². The Bertz CT molecular complexity index is 677. The van der Waals surface area contributed by atoms with Gasteiger partial charge in [-0.15, -0.1) is 0 Å². The zero-order valence-corrected chi connectivity index (χ0v) is 14.6. The van der Waals surface area contributed by atoms with Crippen molar-refractivity contribution in [1.82, 2.24) is 19.7 Å². The molecule has 0 aromatic carbocycles. The van der Waals surface area contributed by atoms with E-state index in [9.17, 15) is 4.39 Å². The van der Waals surface area contributed by atoms with Gasteiger partial charge < -0.3 is 4.74 Å². The van der Waals surface area contributed by atoms with E-state index in [4.69, 9.17) is 4.74 Å². The average molecular weight is 332 g/mol. The SMILES string of the molecule is Cc1nn(C(C)C)cc1CN1CCC(Oc2ncccc2F)CC1. The van der Waals surface area contributed by atoms with Crippen LogP contribution in [0.15, 0.2) is 24.5 Å². The molecule has 3 heterocycles. The molecule has 1 aliphatic rings. The van der Waals surface area contributed by atoms with Crippen molar-refractivity contribution in [3.05, 3.63) is 41.6 Å². The van der Waals surface area contributed by atoms with Crippen molar-refractivity contribution >= 4 is 0 Å². The number of aromatic nitrogens is 3. The van der Waals surface area contributed by atoms with E-state index >= 15 is 0 Å². The standard InChI is InChI=1S/C18H25FN4O/c1-13(2)23-12-15(14(3)21-23)11-22-9-6-16(7-10-22)24-18-17(19)5-4-8-20-18/h4-5,8,12-13,16H,6-7,9-11H2,1-3H3. The maximum atomic E-state index is 13.6. The van der Waals surface area contributed by atoms with Crippen LogP contribution >= 0.6 is 0 Å². The van der Waals surface area contributed by atoms with Crippen LogP contribution in [0.3, 0.4) is 0 Å². The van der Waals surface area contributed by atoms with E-state index in [1.165, 1.54) is 11.6 Å². The predicted molar refractivity (Wildman–Crippen MR) is 90.5 cm³/mol. The Morgan fingerprint density at radius 3 is 2.71 bits per heavy atom. The van der Waals surface area contributed by atoms with Gasteiger partial charge in [0, 0.05) is 43.6 Å². The van der Waals surface area contributed by atoms with E-state index in [0.29, 0.717) is 6.04 Å². The van der Waals surface area contributed by atoms with Gasteiger partial charge in [0.05, 0.1) is 5.69 Å². The van der Waals surface area contributed by atoms with Crippen LogP contribution in [0.2, 0.25) is 0 Å². The molecule has 0 spiro atoms. The minimum atomic E-state index is -0.392. The molecule has 0 unspecified atom stereocenters. The summed E-state index contributed by atoms with van der Waals surface area (Å²) < 4.78 is 21.3. The van der Waals surface area contributed by atoms with Crippen LogP contribution in [0.5, 0.6) is 5.88 Å². The van der Waals surface area contributed by atoms with E-state index in [-0.39, 0.29) is 12.0 Å². The first-order valence-corrected chi connectivity index (χ1v) is 8.57. The van der Waals surface area contributed by atoms with E-state index in [1.807, 2.05) is 4.68 Å². The third-order valence-corrected chi connectivity index (χ3v) is 4.48. The van der Waals surface area contributed by atoms with Gasteiger partial charge in [-0.05, 0) is 45.7 Å². The summed E-state index contributed by atoms with van der Waals surface area (Å²) >= 11 is 0. The molecule has 1 fully saturated rings. The molecule has 1 aliphatic heterocycles. The number of hydrogen-bond donors (Lipinski definition) is 0. The monoisotopic (exact) mass is 332 g/mol. The predicted octanol–water partition coefficient (Wildman–Crippen LogP) is 3.35. The Balaban J connectivity index is 1.53. The lowest BCUT2D eigenvalue weighted by atomic mass is 10.1. The van der Waals surface area contributed by atoms with Gasteiger partial charge in [-0.25, -0.2) is 9.37 Å². The number of nitrogens with zero attached hydrogens (tertiary/aromatic N) is 4. The zero-order valence-electron chi connectivity index (χ0n) is 14.6. The Kier molecular flexibility index (Phi) is 5.14. The highest BCUT2D eigenvalue weighted by Gasteiger charge is 2.23. The maximum Gasteiger partial charge on any atom is 0.250 e. The van der Waals surface area contributed by atoms with E-state index in [0.717, 1.165) is 38.2 Å². The van der Waals surface area contributed by atoms with Gasteiger partial charge in [0.2, 0.25) is 0 Å². The number of rotatable bonds is 5. The molecule has 0 atom stereocenters. The van der Waals surface area contributed by atoms with E-state index in [1.54, 1.807) is 12.3 Å². The fourth-order valence-corrected chi connectivity index (χ4v) is 2.98. The zero-order chi connectivity index (χ0) is 17.1. The number of hydrogen-bond acceptors (Lipinski definition) is 4. The van der Waals surface area contributed by atoms with Crippen molar-refractivity contribution in [2.45, 2.75) is 52.3 Å². The van der Waals surface area contributed by atoms with Crippen molar-refractivity contribution in [3.63, 3.8) is 0 Å². The number of aryl methyl sites for hydroxylation is 1. The summed E-state index contributed by atoms with van der Waals surface area (Å²) in [5, 5.41) is 4.57. The fraction of sp³-hybridized carbons (Fsp3) is 0.556. The second-order valence-electron chi connectivity index (χ2n) is 6.70. The lowest BCUT2D eigenvalue weighted by Crippen LogP contribution is -2.38. The van der Waals surface area contributed by atoms with Crippen LogP contribution in [0.4, 0.5) is 4.39 Å². The lowest BCUT2D eigenvalue weighted by molar-refractivity contribution is 0.0895. The molecule has 0 bridgehead atoms. The molecule has 2 aromatic heterocycles. The van der Waals surface area contributed by atoms with Gasteiger partial charge in [0.15, 0.2) is 5.82 Å². The Morgan fingerprint density at radius 1 is 1.33 bits per heavy atom. The van der Waals surface area contributed by atoms with Crippen LogP contribution in [0.25, 0.3) is 0 Å². The first-order chi connectivity index (χ1) is 11.5. The molecule has 3 rings (SSSR count). The summed E-state index contributed by atoms with van der Waals surface area (Å²) in [5.74, 6) is -0.276. The summed E-state index contributed by atoms with van der Waals surface area (Å²) in [6, 6.07) is 3.33. The minimum absolute atomic E-state index is 0.0325. The molecule has 5 nitrogen and oxygen atoms in total. The Labute approximate surface area is 142 Å². The first-order valence-electron chi connectivity index (χ1n) is 8.57. The molecule has 0 amide bonds. The molecule has 2 aromatic rings. The number of likely N-dealkylation sites (tertiary alicyclic amines) is 1. The molecule has 24 heavy (non-hydrogen) atoms. The maximum absolute atomic E-state index is 13.6. The van der Waals surface area contributed by atoms with Crippen LogP contribution in [-0.4, -0.2) is 38.9 Å². The van der Waals surface area contributed by atoms with Crippen molar-refractivity contribution in [3.8, 4) is 5.88 Å². The highest BCUT2D eigenvalue weighted by atomic mass is 19.1. The number of ether oxygens (including phenoxy) is 1. The van der Waals surface area contributed by atoms with Gasteiger partial charge in [-0.2, -0.15) is 5.10 Å². The molecule has 1 saturated heterocycles. The van der Waals surface area contributed by atoms with Gasteiger partial charge in [-0.3, -0.25) is 9.58 Å². The Hall–Kier alpha value is -1.95. The van der Waals surface area contributed by atoms with Crippen molar-refractivity contribution in [2.75, 3.05) is 13.1 Å². The van der Waals surface area contributed by atoms with Gasteiger partial charge in [0.1, 0.15) is 6.10 Å². The quantitative estimate of drug-likeness (QED) is 0.842. The van der Waals surface area contributed by atoms with E-state index < -0.39 is 5.82 Å². The molecular formula is C18H25FN4O. The van der Waals surface area contributed by atoms with Crippen LogP contribution < -0.4 is 4.74 Å². The van der Waals surface area contributed by atoms with Gasteiger partial charge in [-0.1, -0.05) is 0 Å². The molecule has 130 valence electrons. The smallest absolute Gasteiger partial charge is 0.250 e. The third kappa shape index (κ3) is 3.93. The second-order valence-corrected chi connectivity index (χ2v) is 6.70. The van der Waals surface area contributed by atoms with Crippen molar-refractivity contribution in [2.24, 2.45) is 0 Å². The highest BCUT2D eigenvalue weighted by Crippen LogP contribution is 2.21. The normalized spacial score (nSPS) is 16.7.